The quantitative estimate of drug-likeness (QED) is 0.811. The van der Waals surface area contributed by atoms with Crippen LogP contribution in [0.5, 0.6) is 0 Å². The highest BCUT2D eigenvalue weighted by atomic mass is 16.1. The smallest absolute Gasteiger partial charge is 0.237 e. The lowest BCUT2D eigenvalue weighted by molar-refractivity contribution is -0.125. The lowest BCUT2D eigenvalue weighted by Crippen LogP contribution is -2.59. The summed E-state index contributed by atoms with van der Waals surface area (Å²) < 4.78 is 0. The summed E-state index contributed by atoms with van der Waals surface area (Å²) in [6, 6.07) is 0.519. The van der Waals surface area contributed by atoms with Crippen LogP contribution in [0, 0.1) is 0 Å². The number of hydrogen-bond donors (Lipinski definition) is 2. The molecule has 3 heteroatoms. The number of amides is 1. The number of nitrogens with one attached hydrogen (secondary N) is 1. The molecule has 1 amide bonds. The molecule has 0 aromatic carbocycles. The lowest BCUT2D eigenvalue weighted by atomic mass is 9.81. The second kappa shape index (κ2) is 6.55. The zero-order chi connectivity index (χ0) is 12.8. The number of carbonyl (C=O) groups is 1. The molecule has 0 aromatic heterocycles. The van der Waals surface area contributed by atoms with E-state index in [-0.39, 0.29) is 5.91 Å². The summed E-state index contributed by atoms with van der Waals surface area (Å²) >= 11 is 0. The van der Waals surface area contributed by atoms with Crippen molar-refractivity contribution in [2.75, 3.05) is 0 Å². The van der Waals surface area contributed by atoms with Crippen LogP contribution in [0.2, 0.25) is 0 Å². The van der Waals surface area contributed by atoms with Crippen LogP contribution in [-0.2, 0) is 4.79 Å². The molecule has 2 saturated carbocycles. The SMILES string of the molecule is NC(=O)C1(NC2CCCCC2)CCCCCCC1. The third kappa shape index (κ3) is 3.47. The summed E-state index contributed by atoms with van der Waals surface area (Å²) in [6.07, 6.45) is 14.4. The third-order valence-corrected chi connectivity index (χ3v) is 4.76. The van der Waals surface area contributed by atoms with Gasteiger partial charge in [-0.3, -0.25) is 4.79 Å². The highest BCUT2D eigenvalue weighted by molar-refractivity contribution is 5.84. The number of nitrogens with two attached hydrogens (primary N) is 1. The molecule has 0 bridgehead atoms. The van der Waals surface area contributed by atoms with Crippen LogP contribution in [0.1, 0.15) is 77.0 Å². The summed E-state index contributed by atoms with van der Waals surface area (Å²) in [5, 5.41) is 3.66. The fourth-order valence-electron chi connectivity index (χ4n) is 3.61. The minimum atomic E-state index is -0.400. The van der Waals surface area contributed by atoms with Gasteiger partial charge in [-0.25, -0.2) is 0 Å². The van der Waals surface area contributed by atoms with Gasteiger partial charge in [0.15, 0.2) is 0 Å². The maximum Gasteiger partial charge on any atom is 0.237 e. The average Bonchev–Trinajstić information content (AvgIpc) is 2.34. The van der Waals surface area contributed by atoms with Crippen LogP contribution in [0.15, 0.2) is 0 Å². The Labute approximate surface area is 111 Å². The second-order valence-electron chi connectivity index (χ2n) is 6.19. The monoisotopic (exact) mass is 252 g/mol. The second-order valence-corrected chi connectivity index (χ2v) is 6.19. The van der Waals surface area contributed by atoms with E-state index in [0.29, 0.717) is 6.04 Å². The van der Waals surface area contributed by atoms with E-state index < -0.39 is 5.54 Å². The molecular formula is C15H28N2O. The van der Waals surface area contributed by atoms with Crippen molar-refractivity contribution in [3.63, 3.8) is 0 Å². The van der Waals surface area contributed by atoms with Crippen molar-refractivity contribution in [3.8, 4) is 0 Å². The van der Waals surface area contributed by atoms with Gasteiger partial charge in [0.2, 0.25) is 5.91 Å². The molecule has 0 heterocycles. The molecule has 2 aliphatic rings. The molecular weight excluding hydrogens is 224 g/mol. The Balaban J connectivity index is 2.01. The van der Waals surface area contributed by atoms with Crippen LogP contribution in [0.25, 0.3) is 0 Å². The van der Waals surface area contributed by atoms with E-state index in [9.17, 15) is 4.79 Å². The van der Waals surface area contributed by atoms with Gasteiger partial charge >= 0.3 is 0 Å². The Morgan fingerprint density at radius 3 is 1.94 bits per heavy atom. The van der Waals surface area contributed by atoms with Crippen molar-refractivity contribution < 1.29 is 4.79 Å². The molecule has 104 valence electrons. The first-order chi connectivity index (χ1) is 8.73. The summed E-state index contributed by atoms with van der Waals surface area (Å²) in [6.45, 7) is 0. The number of rotatable bonds is 3. The molecule has 0 aromatic rings. The van der Waals surface area contributed by atoms with Gasteiger partial charge < -0.3 is 11.1 Å². The molecule has 3 N–H and O–H groups in total. The van der Waals surface area contributed by atoms with E-state index in [4.69, 9.17) is 5.73 Å². The van der Waals surface area contributed by atoms with E-state index in [0.717, 1.165) is 25.7 Å². The van der Waals surface area contributed by atoms with Crippen LogP contribution < -0.4 is 11.1 Å². The van der Waals surface area contributed by atoms with Crippen LogP contribution in [0.3, 0.4) is 0 Å². The highest BCUT2D eigenvalue weighted by Gasteiger charge is 2.37. The highest BCUT2D eigenvalue weighted by Crippen LogP contribution is 2.29. The normalized spacial score (nSPS) is 26.2. The van der Waals surface area contributed by atoms with Gasteiger partial charge in [0.05, 0.1) is 5.54 Å². The van der Waals surface area contributed by atoms with Crippen molar-refractivity contribution in [1.29, 1.82) is 0 Å². The molecule has 2 rings (SSSR count). The van der Waals surface area contributed by atoms with E-state index >= 15 is 0 Å². The number of carbonyl (C=O) groups excluding carboxylic acids is 1. The van der Waals surface area contributed by atoms with E-state index in [2.05, 4.69) is 5.32 Å². The maximum absolute atomic E-state index is 12.0. The molecule has 2 aliphatic carbocycles. The fourth-order valence-corrected chi connectivity index (χ4v) is 3.61. The maximum atomic E-state index is 12.0. The summed E-state index contributed by atoms with van der Waals surface area (Å²) in [5.41, 5.74) is 5.34. The molecule has 0 radical (unpaired) electrons. The van der Waals surface area contributed by atoms with Crippen molar-refractivity contribution in [2.24, 2.45) is 5.73 Å². The molecule has 0 aliphatic heterocycles. The Bertz CT molecular complexity index is 264. The number of primary amides is 1. The topological polar surface area (TPSA) is 55.1 Å². The largest absolute Gasteiger partial charge is 0.368 e. The summed E-state index contributed by atoms with van der Waals surface area (Å²) in [7, 11) is 0. The minimum absolute atomic E-state index is 0.116. The Morgan fingerprint density at radius 2 is 1.39 bits per heavy atom. The Morgan fingerprint density at radius 1 is 0.889 bits per heavy atom. The summed E-state index contributed by atoms with van der Waals surface area (Å²) in [4.78, 5) is 12.0. The van der Waals surface area contributed by atoms with Crippen molar-refractivity contribution >= 4 is 5.91 Å². The number of hydrogen-bond acceptors (Lipinski definition) is 2. The third-order valence-electron chi connectivity index (χ3n) is 4.76. The standard InChI is InChI=1S/C15H28N2O/c16-14(18)15(11-7-2-1-3-8-12-15)17-13-9-5-4-6-10-13/h13,17H,1-12H2,(H2,16,18). The Hall–Kier alpha value is -0.570. The van der Waals surface area contributed by atoms with Crippen LogP contribution in [-0.4, -0.2) is 17.5 Å². The van der Waals surface area contributed by atoms with E-state index in [1.54, 1.807) is 0 Å². The first kappa shape index (κ1) is 13.9. The van der Waals surface area contributed by atoms with Crippen molar-refractivity contribution in [2.45, 2.75) is 88.6 Å². The molecule has 2 fully saturated rings. The lowest BCUT2D eigenvalue weighted by Gasteiger charge is -2.38. The van der Waals surface area contributed by atoms with Crippen LogP contribution in [0.4, 0.5) is 0 Å². The van der Waals surface area contributed by atoms with Crippen molar-refractivity contribution in [1.82, 2.24) is 5.32 Å². The zero-order valence-corrected chi connectivity index (χ0v) is 11.5. The minimum Gasteiger partial charge on any atom is -0.368 e. The average molecular weight is 252 g/mol. The van der Waals surface area contributed by atoms with Gasteiger partial charge in [-0.05, 0) is 25.7 Å². The predicted octanol–water partition coefficient (Wildman–Crippen LogP) is 2.88. The van der Waals surface area contributed by atoms with Crippen LogP contribution >= 0.6 is 0 Å². The van der Waals surface area contributed by atoms with Gasteiger partial charge in [0.1, 0.15) is 0 Å². The molecule has 0 atom stereocenters. The van der Waals surface area contributed by atoms with Gasteiger partial charge in [-0.15, -0.1) is 0 Å². The summed E-state index contributed by atoms with van der Waals surface area (Å²) in [5.74, 6) is -0.116. The van der Waals surface area contributed by atoms with Gasteiger partial charge in [0, 0.05) is 6.04 Å². The van der Waals surface area contributed by atoms with E-state index in [1.807, 2.05) is 0 Å². The fraction of sp³-hybridized carbons (Fsp3) is 0.933. The molecule has 0 spiro atoms. The van der Waals surface area contributed by atoms with E-state index in [1.165, 1.54) is 51.4 Å². The van der Waals surface area contributed by atoms with Gasteiger partial charge in [-0.2, -0.15) is 0 Å². The van der Waals surface area contributed by atoms with Gasteiger partial charge in [-0.1, -0.05) is 51.4 Å². The molecule has 3 nitrogen and oxygen atoms in total. The first-order valence-electron chi connectivity index (χ1n) is 7.81. The van der Waals surface area contributed by atoms with Gasteiger partial charge in [0.25, 0.3) is 0 Å². The molecule has 0 saturated heterocycles. The predicted molar refractivity (Wildman–Crippen MR) is 74.3 cm³/mol. The Kier molecular flexibility index (Phi) is 5.04. The molecule has 0 unspecified atom stereocenters. The molecule has 18 heavy (non-hydrogen) atoms. The first-order valence-corrected chi connectivity index (χ1v) is 7.81. The zero-order valence-electron chi connectivity index (χ0n) is 11.5. The van der Waals surface area contributed by atoms with Crippen molar-refractivity contribution in [3.05, 3.63) is 0 Å².